The van der Waals surface area contributed by atoms with E-state index in [0.717, 1.165) is 4.47 Å². The van der Waals surface area contributed by atoms with Gasteiger partial charge in [-0.1, -0.05) is 4.47 Å². The summed E-state index contributed by atoms with van der Waals surface area (Å²) in [7, 11) is -1.15. The van der Waals surface area contributed by atoms with E-state index >= 15 is 0 Å². The van der Waals surface area contributed by atoms with E-state index in [0.29, 0.717) is 18.8 Å². The number of ether oxygens (including phenoxy) is 1. The van der Waals surface area contributed by atoms with Crippen molar-refractivity contribution >= 4 is 15.9 Å². The van der Waals surface area contributed by atoms with Crippen LogP contribution in [0.15, 0.2) is 29.2 Å². The highest BCUT2D eigenvalue weighted by molar-refractivity contribution is 7.89. The highest BCUT2D eigenvalue weighted by Gasteiger charge is 2.21. The molecule has 1 amide bonds. The van der Waals surface area contributed by atoms with Crippen LogP contribution in [0.3, 0.4) is 0 Å². The number of hydrogen-bond acceptors (Lipinski definition) is 5. The maximum Gasteiger partial charge on any atom is 0.264 e. The number of nitrogens with zero attached hydrogens (tertiary/aromatic N) is 1. The van der Waals surface area contributed by atoms with Gasteiger partial charge in [-0.15, -0.1) is 0 Å². The summed E-state index contributed by atoms with van der Waals surface area (Å²) in [4.78, 5) is 16.8. The minimum atomic E-state index is -3.71. The van der Waals surface area contributed by atoms with Crippen LogP contribution in [-0.2, 0) is 19.6 Å². The molecule has 0 aliphatic rings. The van der Waals surface area contributed by atoms with Gasteiger partial charge in [0, 0.05) is 25.3 Å². The number of sulfonamides is 1. The topological polar surface area (TPSA) is 84.9 Å². The van der Waals surface area contributed by atoms with Gasteiger partial charge >= 0.3 is 0 Å². The lowest BCUT2D eigenvalue weighted by Crippen LogP contribution is -2.35. The summed E-state index contributed by atoms with van der Waals surface area (Å²) in [5.74, 6) is -0.281. The summed E-state index contributed by atoms with van der Waals surface area (Å²) in [6, 6.07) is 5.52. The predicted octanol–water partition coefficient (Wildman–Crippen LogP) is 1.02. The van der Waals surface area contributed by atoms with Crippen molar-refractivity contribution in [2.24, 2.45) is 0 Å². The van der Waals surface area contributed by atoms with E-state index in [1.54, 1.807) is 0 Å². The van der Waals surface area contributed by atoms with E-state index in [9.17, 15) is 13.2 Å². The Labute approximate surface area is 131 Å². The van der Waals surface area contributed by atoms with Crippen LogP contribution < -0.4 is 5.32 Å². The second-order valence-electron chi connectivity index (χ2n) is 4.66. The van der Waals surface area contributed by atoms with Crippen molar-refractivity contribution in [1.29, 1.82) is 0 Å². The minimum Gasteiger partial charge on any atom is -0.380 e. The second-order valence-corrected chi connectivity index (χ2v) is 6.59. The van der Waals surface area contributed by atoms with Crippen LogP contribution in [0.4, 0.5) is 0 Å². The molecule has 0 aromatic heterocycles. The average Bonchev–Trinajstić information content (AvgIpc) is 2.52. The van der Waals surface area contributed by atoms with E-state index in [1.165, 1.54) is 38.4 Å². The lowest BCUT2D eigenvalue weighted by Gasteiger charge is -2.15. The first-order chi connectivity index (χ1) is 10.3. The van der Waals surface area contributed by atoms with E-state index < -0.39 is 10.0 Å². The van der Waals surface area contributed by atoms with Gasteiger partial charge in [-0.25, -0.2) is 8.42 Å². The maximum absolute atomic E-state index is 12.0. The van der Waals surface area contributed by atoms with Crippen LogP contribution in [0, 0.1) is 0 Å². The first-order valence-electron chi connectivity index (χ1n) is 6.84. The highest BCUT2D eigenvalue weighted by Crippen LogP contribution is 2.15. The SMILES string of the molecule is CCOC[C@H](C)NC(=O)c1ccc(S(=O)(=O)N(C)OC)cc1. The van der Waals surface area contributed by atoms with Crippen molar-refractivity contribution in [2.45, 2.75) is 24.8 Å². The number of carbonyl (C=O) groups excluding carboxylic acids is 1. The Hall–Kier alpha value is -1.48. The third-order valence-electron chi connectivity index (χ3n) is 2.96. The number of rotatable bonds is 8. The third kappa shape index (κ3) is 4.77. The molecule has 0 radical (unpaired) electrons. The molecule has 0 aliphatic heterocycles. The zero-order chi connectivity index (χ0) is 16.8. The predicted molar refractivity (Wildman–Crippen MR) is 81.8 cm³/mol. The Morgan fingerprint density at radius 1 is 1.32 bits per heavy atom. The molecule has 1 atom stereocenters. The first-order valence-corrected chi connectivity index (χ1v) is 8.28. The number of benzene rings is 1. The van der Waals surface area contributed by atoms with E-state index in [-0.39, 0.29) is 16.8 Å². The van der Waals surface area contributed by atoms with Crippen molar-refractivity contribution < 1.29 is 22.8 Å². The van der Waals surface area contributed by atoms with Gasteiger partial charge in [-0.05, 0) is 38.1 Å². The number of hydrogen-bond donors (Lipinski definition) is 1. The fourth-order valence-corrected chi connectivity index (χ4v) is 2.64. The lowest BCUT2D eigenvalue weighted by atomic mass is 10.2. The summed E-state index contributed by atoms with van der Waals surface area (Å²) in [5, 5.41) is 2.77. The molecule has 0 saturated heterocycles. The van der Waals surface area contributed by atoms with Crippen molar-refractivity contribution in [3.05, 3.63) is 29.8 Å². The van der Waals surface area contributed by atoms with Gasteiger partial charge in [0.05, 0.1) is 18.6 Å². The minimum absolute atomic E-state index is 0.0516. The largest absolute Gasteiger partial charge is 0.380 e. The summed E-state index contributed by atoms with van der Waals surface area (Å²) < 4.78 is 30.0. The van der Waals surface area contributed by atoms with Crippen molar-refractivity contribution in [3.8, 4) is 0 Å². The molecule has 0 bridgehead atoms. The smallest absolute Gasteiger partial charge is 0.264 e. The van der Waals surface area contributed by atoms with Crippen LogP contribution in [0.25, 0.3) is 0 Å². The third-order valence-corrected chi connectivity index (χ3v) is 4.65. The average molecular weight is 330 g/mol. The zero-order valence-corrected chi connectivity index (χ0v) is 14.0. The monoisotopic (exact) mass is 330 g/mol. The normalized spacial score (nSPS) is 13.1. The molecule has 124 valence electrons. The second kappa shape index (κ2) is 8.23. The molecule has 22 heavy (non-hydrogen) atoms. The summed E-state index contributed by atoms with van der Waals surface area (Å²) >= 11 is 0. The van der Waals surface area contributed by atoms with Gasteiger partial charge in [0.1, 0.15) is 0 Å². The first kappa shape index (κ1) is 18.6. The number of nitrogens with one attached hydrogen (secondary N) is 1. The van der Waals surface area contributed by atoms with Crippen LogP contribution >= 0.6 is 0 Å². The Kier molecular flexibility index (Phi) is 6.95. The van der Waals surface area contributed by atoms with Gasteiger partial charge in [-0.3, -0.25) is 9.63 Å². The Morgan fingerprint density at radius 3 is 2.41 bits per heavy atom. The number of hydroxylamine groups is 1. The highest BCUT2D eigenvalue weighted by atomic mass is 32.2. The van der Waals surface area contributed by atoms with Crippen LogP contribution in [0.5, 0.6) is 0 Å². The van der Waals surface area contributed by atoms with E-state index in [1.807, 2.05) is 13.8 Å². The molecule has 0 heterocycles. The number of carbonyl (C=O) groups is 1. The quantitative estimate of drug-likeness (QED) is 0.720. The maximum atomic E-state index is 12.0. The standard InChI is InChI=1S/C14H22N2O5S/c1-5-21-10-11(2)15-14(17)12-6-8-13(9-7-12)22(18,19)16(3)20-4/h6-9,11H,5,10H2,1-4H3,(H,15,17)/t11-/m0/s1. The van der Waals surface area contributed by atoms with Crippen molar-refractivity contribution in [3.63, 3.8) is 0 Å². The van der Waals surface area contributed by atoms with Crippen molar-refractivity contribution in [1.82, 2.24) is 9.79 Å². The molecule has 1 aromatic rings. The Balaban J connectivity index is 2.78. The summed E-state index contributed by atoms with van der Waals surface area (Å²) in [6.07, 6.45) is 0. The molecule has 1 N–H and O–H groups in total. The molecule has 1 rings (SSSR count). The fourth-order valence-electron chi connectivity index (χ4n) is 1.67. The van der Waals surface area contributed by atoms with Crippen LogP contribution in [-0.4, -0.2) is 52.2 Å². The molecule has 0 saturated carbocycles. The van der Waals surface area contributed by atoms with Gasteiger partial charge in [0.2, 0.25) is 0 Å². The van der Waals surface area contributed by atoms with E-state index in [2.05, 4.69) is 10.2 Å². The Bertz CT molecular complexity index is 586. The summed E-state index contributed by atoms with van der Waals surface area (Å²) in [6.45, 7) is 4.72. The van der Waals surface area contributed by atoms with Crippen LogP contribution in [0.2, 0.25) is 0 Å². The zero-order valence-electron chi connectivity index (χ0n) is 13.2. The molecular formula is C14H22N2O5S. The van der Waals surface area contributed by atoms with Gasteiger partial charge in [-0.2, -0.15) is 0 Å². The van der Waals surface area contributed by atoms with Crippen LogP contribution in [0.1, 0.15) is 24.2 Å². The fraction of sp³-hybridized carbons (Fsp3) is 0.500. The molecule has 7 nitrogen and oxygen atoms in total. The van der Waals surface area contributed by atoms with Crippen molar-refractivity contribution in [2.75, 3.05) is 27.4 Å². The lowest BCUT2D eigenvalue weighted by molar-refractivity contribution is -0.0258. The Morgan fingerprint density at radius 2 is 1.91 bits per heavy atom. The van der Waals surface area contributed by atoms with Gasteiger partial charge in [0.15, 0.2) is 0 Å². The molecule has 1 aromatic carbocycles. The molecular weight excluding hydrogens is 308 g/mol. The number of amides is 1. The summed E-state index contributed by atoms with van der Waals surface area (Å²) in [5.41, 5.74) is 0.377. The molecule has 0 aliphatic carbocycles. The van der Waals surface area contributed by atoms with E-state index in [4.69, 9.17) is 4.74 Å². The van der Waals surface area contributed by atoms with Gasteiger partial charge in [0.25, 0.3) is 15.9 Å². The molecule has 0 unspecified atom stereocenters. The molecule has 0 fully saturated rings. The molecule has 0 spiro atoms. The van der Waals surface area contributed by atoms with Gasteiger partial charge < -0.3 is 10.1 Å². The molecule has 8 heteroatoms.